The van der Waals surface area contributed by atoms with Crippen molar-refractivity contribution in [1.29, 1.82) is 0 Å². The number of rotatable bonds is 7. The lowest BCUT2D eigenvalue weighted by molar-refractivity contribution is -0.116. The van der Waals surface area contributed by atoms with Crippen molar-refractivity contribution in [2.24, 2.45) is 11.8 Å². The van der Waals surface area contributed by atoms with E-state index in [2.05, 4.69) is 4.90 Å². The first kappa shape index (κ1) is 15.3. The molecule has 22 heavy (non-hydrogen) atoms. The maximum absolute atomic E-state index is 11.3. The van der Waals surface area contributed by atoms with E-state index in [1.165, 1.54) is 32.5 Å². The first-order chi connectivity index (χ1) is 10.6. The smallest absolute Gasteiger partial charge is 0.223 e. The predicted octanol–water partition coefficient (Wildman–Crippen LogP) is 2.78. The average molecular weight is 302 g/mol. The number of carbonyl (C=O) groups excluding carboxylic acids is 1. The minimum atomic E-state index is 0.0354. The van der Waals surface area contributed by atoms with Crippen LogP contribution in [0, 0.1) is 11.8 Å². The average Bonchev–Trinajstić information content (AvgIpc) is 3.13. The van der Waals surface area contributed by atoms with E-state index in [1.807, 2.05) is 24.3 Å². The van der Waals surface area contributed by atoms with Crippen LogP contribution in [0.15, 0.2) is 24.3 Å². The summed E-state index contributed by atoms with van der Waals surface area (Å²) in [5.74, 6) is 2.97. The summed E-state index contributed by atoms with van der Waals surface area (Å²) in [4.78, 5) is 15.5. The van der Waals surface area contributed by atoms with Gasteiger partial charge in [-0.2, -0.15) is 0 Å². The molecule has 120 valence electrons. The number of fused-ring (bicyclic) bond motifs is 1. The first-order valence-corrected chi connectivity index (χ1v) is 8.33. The Morgan fingerprint density at radius 2 is 1.91 bits per heavy atom. The maximum Gasteiger partial charge on any atom is 0.223 e. The number of benzene rings is 1. The Morgan fingerprint density at radius 1 is 1.23 bits per heavy atom. The molecule has 0 radical (unpaired) electrons. The SMILES string of the molecule is CC(=O)N(C)c1ccc(OCCCCN2C[C@H]3C[C@H]3C2)cc1. The van der Waals surface area contributed by atoms with E-state index in [0.717, 1.165) is 36.3 Å². The van der Waals surface area contributed by atoms with Crippen LogP contribution in [0.5, 0.6) is 5.75 Å². The van der Waals surface area contributed by atoms with Crippen molar-refractivity contribution in [2.75, 3.05) is 38.2 Å². The molecule has 3 rings (SSSR count). The molecule has 1 heterocycles. The molecule has 1 aromatic carbocycles. The lowest BCUT2D eigenvalue weighted by Gasteiger charge is -2.17. The van der Waals surface area contributed by atoms with Crippen molar-refractivity contribution in [3.63, 3.8) is 0 Å². The Bertz CT molecular complexity index is 504. The Morgan fingerprint density at radius 3 is 2.55 bits per heavy atom. The monoisotopic (exact) mass is 302 g/mol. The van der Waals surface area contributed by atoms with Crippen molar-refractivity contribution in [2.45, 2.75) is 26.2 Å². The zero-order chi connectivity index (χ0) is 15.5. The van der Waals surface area contributed by atoms with E-state index in [1.54, 1.807) is 18.9 Å². The van der Waals surface area contributed by atoms with Crippen LogP contribution in [-0.4, -0.2) is 44.1 Å². The second kappa shape index (κ2) is 6.69. The highest BCUT2D eigenvalue weighted by Crippen LogP contribution is 2.44. The third kappa shape index (κ3) is 3.80. The van der Waals surface area contributed by atoms with Crippen LogP contribution in [0.1, 0.15) is 26.2 Å². The van der Waals surface area contributed by atoms with E-state index in [4.69, 9.17) is 4.74 Å². The minimum Gasteiger partial charge on any atom is -0.494 e. The summed E-state index contributed by atoms with van der Waals surface area (Å²) in [5.41, 5.74) is 0.896. The van der Waals surface area contributed by atoms with Gasteiger partial charge in [0.1, 0.15) is 5.75 Å². The van der Waals surface area contributed by atoms with E-state index < -0.39 is 0 Å². The predicted molar refractivity (Wildman–Crippen MR) is 88.3 cm³/mol. The molecule has 0 aromatic heterocycles. The third-order valence-corrected chi connectivity index (χ3v) is 4.89. The highest BCUT2D eigenvalue weighted by molar-refractivity contribution is 5.90. The second-order valence-electron chi connectivity index (χ2n) is 6.64. The topological polar surface area (TPSA) is 32.8 Å². The molecule has 1 aliphatic carbocycles. The van der Waals surface area contributed by atoms with Gasteiger partial charge >= 0.3 is 0 Å². The molecule has 2 fully saturated rings. The summed E-state index contributed by atoms with van der Waals surface area (Å²) >= 11 is 0. The van der Waals surface area contributed by atoms with Crippen LogP contribution in [-0.2, 0) is 4.79 Å². The molecule has 1 saturated carbocycles. The largest absolute Gasteiger partial charge is 0.494 e. The van der Waals surface area contributed by atoms with Crippen LogP contribution >= 0.6 is 0 Å². The number of ether oxygens (including phenoxy) is 1. The molecule has 1 aromatic rings. The van der Waals surface area contributed by atoms with Gasteiger partial charge in [-0.05, 0) is 61.9 Å². The Balaban J connectivity index is 1.32. The summed E-state index contributed by atoms with van der Waals surface area (Å²) in [6.07, 6.45) is 3.79. The summed E-state index contributed by atoms with van der Waals surface area (Å²) in [7, 11) is 1.78. The van der Waals surface area contributed by atoms with Crippen LogP contribution in [0.25, 0.3) is 0 Å². The van der Waals surface area contributed by atoms with E-state index in [0.29, 0.717) is 0 Å². The third-order valence-electron chi connectivity index (χ3n) is 4.89. The highest BCUT2D eigenvalue weighted by Gasteiger charge is 2.44. The number of piperidine rings is 1. The van der Waals surface area contributed by atoms with Gasteiger partial charge in [0.05, 0.1) is 6.61 Å². The van der Waals surface area contributed by atoms with Crippen LogP contribution in [0.3, 0.4) is 0 Å². The number of anilines is 1. The van der Waals surface area contributed by atoms with Gasteiger partial charge in [-0.1, -0.05) is 0 Å². The Labute approximate surface area is 133 Å². The zero-order valence-corrected chi connectivity index (χ0v) is 13.6. The van der Waals surface area contributed by atoms with Gasteiger partial charge in [0.2, 0.25) is 5.91 Å². The molecule has 0 unspecified atom stereocenters. The van der Waals surface area contributed by atoms with Crippen LogP contribution < -0.4 is 9.64 Å². The zero-order valence-electron chi connectivity index (χ0n) is 13.6. The molecule has 1 saturated heterocycles. The van der Waals surface area contributed by atoms with Gasteiger partial charge < -0.3 is 14.5 Å². The number of hydrogen-bond donors (Lipinski definition) is 0. The van der Waals surface area contributed by atoms with E-state index in [-0.39, 0.29) is 5.91 Å². The molecule has 1 amide bonds. The fraction of sp³-hybridized carbons (Fsp3) is 0.611. The number of nitrogens with zero attached hydrogens (tertiary/aromatic N) is 2. The van der Waals surface area contributed by atoms with Crippen molar-refractivity contribution in [3.05, 3.63) is 24.3 Å². The molecule has 2 atom stereocenters. The number of carbonyl (C=O) groups is 1. The van der Waals surface area contributed by atoms with E-state index in [9.17, 15) is 4.79 Å². The number of hydrogen-bond acceptors (Lipinski definition) is 3. The van der Waals surface area contributed by atoms with Crippen molar-refractivity contribution in [3.8, 4) is 5.75 Å². The van der Waals surface area contributed by atoms with E-state index >= 15 is 0 Å². The first-order valence-electron chi connectivity index (χ1n) is 8.33. The fourth-order valence-electron chi connectivity index (χ4n) is 3.25. The summed E-state index contributed by atoms with van der Waals surface area (Å²) in [5, 5.41) is 0. The summed E-state index contributed by atoms with van der Waals surface area (Å²) < 4.78 is 5.77. The molecular weight excluding hydrogens is 276 g/mol. The number of likely N-dealkylation sites (tertiary alicyclic amines) is 1. The molecule has 2 aliphatic rings. The minimum absolute atomic E-state index is 0.0354. The van der Waals surface area contributed by atoms with Gasteiger partial charge in [0.25, 0.3) is 0 Å². The van der Waals surface area contributed by atoms with Gasteiger partial charge in [-0.3, -0.25) is 4.79 Å². The van der Waals surface area contributed by atoms with Gasteiger partial charge in [0.15, 0.2) is 0 Å². The molecule has 1 aliphatic heterocycles. The van der Waals surface area contributed by atoms with Crippen LogP contribution in [0.4, 0.5) is 5.69 Å². The second-order valence-corrected chi connectivity index (χ2v) is 6.64. The molecular formula is C18H26N2O2. The standard InChI is InChI=1S/C18H26N2O2/c1-14(21)19(2)17-5-7-18(8-6-17)22-10-4-3-9-20-12-15-11-16(15)13-20/h5-8,15-16H,3-4,9-13H2,1-2H3/t15-,16+. The van der Waals surface area contributed by atoms with Gasteiger partial charge in [-0.15, -0.1) is 0 Å². The van der Waals surface area contributed by atoms with Gasteiger partial charge in [0, 0.05) is 32.7 Å². The summed E-state index contributed by atoms with van der Waals surface area (Å²) in [6.45, 7) is 6.21. The molecule has 0 spiro atoms. The van der Waals surface area contributed by atoms with Gasteiger partial charge in [-0.25, -0.2) is 0 Å². The highest BCUT2D eigenvalue weighted by atomic mass is 16.5. The van der Waals surface area contributed by atoms with Crippen molar-refractivity contribution >= 4 is 11.6 Å². The van der Waals surface area contributed by atoms with Crippen molar-refractivity contribution < 1.29 is 9.53 Å². The fourth-order valence-corrected chi connectivity index (χ4v) is 3.25. The molecule has 4 nitrogen and oxygen atoms in total. The lowest BCUT2D eigenvalue weighted by atomic mass is 10.2. The normalized spacial score (nSPS) is 23.2. The Hall–Kier alpha value is -1.55. The lowest BCUT2D eigenvalue weighted by Crippen LogP contribution is -2.24. The van der Waals surface area contributed by atoms with Crippen molar-refractivity contribution in [1.82, 2.24) is 4.90 Å². The summed E-state index contributed by atoms with van der Waals surface area (Å²) in [6, 6.07) is 7.71. The number of unbranched alkanes of at least 4 members (excludes halogenated alkanes) is 1. The maximum atomic E-state index is 11.3. The molecule has 0 N–H and O–H groups in total. The Kier molecular flexibility index (Phi) is 4.67. The number of amides is 1. The molecule has 0 bridgehead atoms. The quantitative estimate of drug-likeness (QED) is 0.726. The van der Waals surface area contributed by atoms with Crippen LogP contribution in [0.2, 0.25) is 0 Å². The molecule has 4 heteroatoms.